The van der Waals surface area contributed by atoms with E-state index in [-0.39, 0.29) is 5.84 Å². The van der Waals surface area contributed by atoms with E-state index >= 15 is 0 Å². The first-order chi connectivity index (χ1) is 9.65. The minimum absolute atomic E-state index is 0.0227. The van der Waals surface area contributed by atoms with Crippen LogP contribution in [0.15, 0.2) is 23.4 Å². The highest BCUT2D eigenvalue weighted by atomic mass is 35.5. The van der Waals surface area contributed by atoms with E-state index in [9.17, 15) is 0 Å². The molecule has 0 unspecified atom stereocenters. The second kappa shape index (κ2) is 8.63. The molecular formula is C13H20ClN3O3. The van der Waals surface area contributed by atoms with Crippen LogP contribution >= 0.6 is 11.6 Å². The Morgan fingerprint density at radius 1 is 1.30 bits per heavy atom. The van der Waals surface area contributed by atoms with Gasteiger partial charge in [-0.1, -0.05) is 22.8 Å². The first-order valence-corrected chi connectivity index (χ1v) is 6.52. The lowest BCUT2D eigenvalue weighted by atomic mass is 10.1. The molecule has 0 aliphatic rings. The Morgan fingerprint density at radius 2 is 1.90 bits per heavy atom. The smallest absolute Gasteiger partial charge is 0.173 e. The molecule has 0 amide bonds. The Bertz CT molecular complexity index is 446. The number of ether oxygens (including phenoxy) is 2. The second-order valence-corrected chi connectivity index (χ2v) is 4.50. The third-order valence-corrected chi connectivity index (χ3v) is 3.14. The first-order valence-electron chi connectivity index (χ1n) is 6.15. The molecule has 1 aromatic rings. The van der Waals surface area contributed by atoms with Crippen molar-refractivity contribution in [2.45, 2.75) is 0 Å². The van der Waals surface area contributed by atoms with Crippen LogP contribution in [0.2, 0.25) is 5.02 Å². The number of rotatable bonds is 8. The van der Waals surface area contributed by atoms with Crippen LogP contribution in [0, 0.1) is 0 Å². The summed E-state index contributed by atoms with van der Waals surface area (Å²) in [6, 6.07) is 5.38. The van der Waals surface area contributed by atoms with Crippen LogP contribution < -0.4 is 10.6 Å². The molecule has 0 spiro atoms. The van der Waals surface area contributed by atoms with Gasteiger partial charge in [-0.15, -0.1) is 0 Å². The maximum absolute atomic E-state index is 8.91. The average molecular weight is 302 g/mol. The summed E-state index contributed by atoms with van der Waals surface area (Å²) in [5, 5.41) is 12.4. The van der Waals surface area contributed by atoms with E-state index in [1.807, 2.05) is 17.0 Å². The summed E-state index contributed by atoms with van der Waals surface area (Å²) in [5.41, 5.74) is 7.00. The molecule has 0 saturated heterocycles. The zero-order chi connectivity index (χ0) is 15.0. The number of nitrogens with zero attached hydrogens (tertiary/aromatic N) is 2. The van der Waals surface area contributed by atoms with Crippen molar-refractivity contribution in [1.29, 1.82) is 0 Å². The molecule has 1 aromatic carbocycles. The van der Waals surface area contributed by atoms with Crippen molar-refractivity contribution < 1.29 is 14.7 Å². The van der Waals surface area contributed by atoms with Crippen molar-refractivity contribution in [3.8, 4) is 0 Å². The zero-order valence-corrected chi connectivity index (χ0v) is 12.4. The second-order valence-electron chi connectivity index (χ2n) is 4.09. The van der Waals surface area contributed by atoms with Crippen molar-refractivity contribution >= 4 is 23.1 Å². The van der Waals surface area contributed by atoms with E-state index in [0.29, 0.717) is 36.9 Å². The highest BCUT2D eigenvalue weighted by molar-refractivity contribution is 6.34. The number of oxime groups is 1. The molecule has 0 atom stereocenters. The molecule has 1 rings (SSSR count). The average Bonchev–Trinajstić information content (AvgIpc) is 2.46. The predicted octanol–water partition coefficient (Wildman–Crippen LogP) is 1.53. The zero-order valence-electron chi connectivity index (χ0n) is 11.7. The van der Waals surface area contributed by atoms with Gasteiger partial charge in [0.25, 0.3) is 0 Å². The molecule has 0 heterocycles. The summed E-state index contributed by atoms with van der Waals surface area (Å²) in [5.74, 6) is -0.0227. The first kappa shape index (κ1) is 16.6. The third kappa shape index (κ3) is 4.26. The molecule has 112 valence electrons. The fourth-order valence-corrected chi connectivity index (χ4v) is 2.10. The molecule has 0 bridgehead atoms. The number of benzene rings is 1. The molecule has 0 radical (unpaired) electrons. The van der Waals surface area contributed by atoms with E-state index in [1.165, 1.54) is 0 Å². The van der Waals surface area contributed by atoms with Crippen molar-refractivity contribution in [1.82, 2.24) is 0 Å². The lowest BCUT2D eigenvalue weighted by molar-refractivity contribution is 0.190. The maximum atomic E-state index is 8.91. The standard InChI is InChI=1S/C13H20ClN3O3/c1-19-8-6-17(7-9-20-2)11-5-3-4-10(14)12(11)13(15)16-18/h3-5,18H,6-9H2,1-2H3,(H2,15,16). The van der Waals surface area contributed by atoms with Gasteiger partial charge in [0.2, 0.25) is 0 Å². The highest BCUT2D eigenvalue weighted by Crippen LogP contribution is 2.27. The molecule has 7 heteroatoms. The Morgan fingerprint density at radius 3 is 2.40 bits per heavy atom. The monoisotopic (exact) mass is 301 g/mol. The van der Waals surface area contributed by atoms with Crippen molar-refractivity contribution in [3.63, 3.8) is 0 Å². The Kier molecular flexibility index (Phi) is 7.14. The molecular weight excluding hydrogens is 282 g/mol. The molecule has 0 fully saturated rings. The minimum Gasteiger partial charge on any atom is -0.409 e. The number of hydrogen-bond donors (Lipinski definition) is 2. The normalized spacial score (nSPS) is 11.7. The van der Waals surface area contributed by atoms with E-state index in [2.05, 4.69) is 5.16 Å². The van der Waals surface area contributed by atoms with Crippen LogP contribution in [-0.2, 0) is 9.47 Å². The Balaban J connectivity index is 3.14. The lowest BCUT2D eigenvalue weighted by Gasteiger charge is -2.26. The number of methoxy groups -OCH3 is 2. The van der Waals surface area contributed by atoms with Gasteiger partial charge in [0, 0.05) is 33.0 Å². The quantitative estimate of drug-likeness (QED) is 0.329. The van der Waals surface area contributed by atoms with Crippen LogP contribution in [0.1, 0.15) is 5.56 Å². The number of amidine groups is 1. The SMILES string of the molecule is COCCN(CCOC)c1cccc(Cl)c1C(N)=NO. The predicted molar refractivity (Wildman–Crippen MR) is 79.9 cm³/mol. The van der Waals surface area contributed by atoms with Gasteiger partial charge in [-0.05, 0) is 12.1 Å². The lowest BCUT2D eigenvalue weighted by Crippen LogP contribution is -2.33. The van der Waals surface area contributed by atoms with Crippen LogP contribution in [0.5, 0.6) is 0 Å². The van der Waals surface area contributed by atoms with Gasteiger partial charge < -0.3 is 25.3 Å². The van der Waals surface area contributed by atoms with Crippen LogP contribution in [-0.4, -0.2) is 51.6 Å². The summed E-state index contributed by atoms with van der Waals surface area (Å²) < 4.78 is 10.2. The number of halogens is 1. The summed E-state index contributed by atoms with van der Waals surface area (Å²) in [6.07, 6.45) is 0. The molecule has 3 N–H and O–H groups in total. The Labute approximate surface area is 123 Å². The van der Waals surface area contributed by atoms with Crippen LogP contribution in [0.3, 0.4) is 0 Å². The molecule has 6 nitrogen and oxygen atoms in total. The highest BCUT2D eigenvalue weighted by Gasteiger charge is 2.17. The van der Waals surface area contributed by atoms with E-state index < -0.39 is 0 Å². The van der Waals surface area contributed by atoms with E-state index in [4.69, 9.17) is 32.0 Å². The largest absolute Gasteiger partial charge is 0.409 e. The maximum Gasteiger partial charge on any atom is 0.173 e. The van der Waals surface area contributed by atoms with Crippen molar-refractivity contribution in [3.05, 3.63) is 28.8 Å². The van der Waals surface area contributed by atoms with Gasteiger partial charge in [0.05, 0.1) is 23.8 Å². The van der Waals surface area contributed by atoms with Gasteiger partial charge in [-0.25, -0.2) is 0 Å². The summed E-state index contributed by atoms with van der Waals surface area (Å²) in [4.78, 5) is 2.02. The van der Waals surface area contributed by atoms with Crippen molar-refractivity contribution in [2.75, 3.05) is 45.4 Å². The number of hydrogen-bond acceptors (Lipinski definition) is 5. The fourth-order valence-electron chi connectivity index (χ4n) is 1.84. The Hall–Kier alpha value is -1.50. The molecule has 20 heavy (non-hydrogen) atoms. The number of anilines is 1. The van der Waals surface area contributed by atoms with Gasteiger partial charge >= 0.3 is 0 Å². The summed E-state index contributed by atoms with van der Waals surface area (Å²) in [6.45, 7) is 2.38. The number of nitrogens with two attached hydrogens (primary N) is 1. The summed E-state index contributed by atoms with van der Waals surface area (Å²) in [7, 11) is 3.27. The third-order valence-electron chi connectivity index (χ3n) is 2.83. The fraction of sp³-hybridized carbons (Fsp3) is 0.462. The van der Waals surface area contributed by atoms with Gasteiger partial charge in [-0.3, -0.25) is 0 Å². The molecule has 0 saturated carbocycles. The van der Waals surface area contributed by atoms with Crippen molar-refractivity contribution in [2.24, 2.45) is 10.9 Å². The molecule has 0 aliphatic carbocycles. The van der Waals surface area contributed by atoms with E-state index in [0.717, 1.165) is 5.69 Å². The molecule has 0 aromatic heterocycles. The van der Waals surface area contributed by atoms with Gasteiger partial charge in [0.15, 0.2) is 5.84 Å². The molecule has 0 aliphatic heterocycles. The van der Waals surface area contributed by atoms with Gasteiger partial charge in [-0.2, -0.15) is 0 Å². The van der Waals surface area contributed by atoms with Gasteiger partial charge in [0.1, 0.15) is 0 Å². The van der Waals surface area contributed by atoms with Crippen LogP contribution in [0.4, 0.5) is 5.69 Å². The minimum atomic E-state index is -0.0227. The van der Waals surface area contributed by atoms with Crippen LogP contribution in [0.25, 0.3) is 0 Å². The summed E-state index contributed by atoms with van der Waals surface area (Å²) >= 11 is 6.15. The topological polar surface area (TPSA) is 80.3 Å². The van der Waals surface area contributed by atoms with E-state index in [1.54, 1.807) is 20.3 Å².